The van der Waals surface area contributed by atoms with Gasteiger partial charge in [0.05, 0.1) is 0 Å². The van der Waals surface area contributed by atoms with E-state index in [1.54, 1.807) is 12.1 Å². The molecule has 0 atom stereocenters. The Labute approximate surface area is 107 Å². The van der Waals surface area contributed by atoms with Crippen LogP contribution in [0, 0.1) is 0 Å². The first-order chi connectivity index (χ1) is 8.27. The summed E-state index contributed by atoms with van der Waals surface area (Å²) in [4.78, 5) is 0.812. The molecule has 0 radical (unpaired) electrons. The van der Waals surface area contributed by atoms with Crippen LogP contribution in [0.5, 0.6) is 5.75 Å². The van der Waals surface area contributed by atoms with Crippen molar-refractivity contribution in [2.75, 3.05) is 0 Å². The molecule has 0 aliphatic carbocycles. The van der Waals surface area contributed by atoms with Crippen molar-refractivity contribution in [3.05, 3.63) is 65.7 Å². The standard InChI is InChI=1S/C15H14OS/c16-14-9-5-4-8-13(14)15(17)11-10-12-6-2-1-3-7-12/h1-9,16H,10-11H2. The third-order valence-electron chi connectivity index (χ3n) is 2.69. The molecular weight excluding hydrogens is 228 g/mol. The maximum absolute atomic E-state index is 9.69. The van der Waals surface area contributed by atoms with Gasteiger partial charge in [0, 0.05) is 10.4 Å². The summed E-state index contributed by atoms with van der Waals surface area (Å²) >= 11 is 5.35. The number of hydrogen-bond donors (Lipinski definition) is 1. The van der Waals surface area contributed by atoms with E-state index >= 15 is 0 Å². The average Bonchev–Trinajstić information content (AvgIpc) is 2.38. The van der Waals surface area contributed by atoms with E-state index in [4.69, 9.17) is 12.2 Å². The van der Waals surface area contributed by atoms with Gasteiger partial charge in [0.1, 0.15) is 5.75 Å². The molecule has 0 aliphatic heterocycles. The summed E-state index contributed by atoms with van der Waals surface area (Å²) in [7, 11) is 0. The Morgan fingerprint density at radius 2 is 1.59 bits per heavy atom. The van der Waals surface area contributed by atoms with Gasteiger partial charge in [0.25, 0.3) is 0 Å². The highest BCUT2D eigenvalue weighted by Gasteiger charge is 2.06. The Bertz CT molecular complexity index is 505. The van der Waals surface area contributed by atoms with Crippen LogP contribution in [0.25, 0.3) is 0 Å². The lowest BCUT2D eigenvalue weighted by Gasteiger charge is -2.06. The zero-order valence-corrected chi connectivity index (χ0v) is 10.3. The predicted molar refractivity (Wildman–Crippen MR) is 74.6 cm³/mol. The lowest BCUT2D eigenvalue weighted by Crippen LogP contribution is -1.99. The maximum Gasteiger partial charge on any atom is 0.123 e. The van der Waals surface area contributed by atoms with Crippen LogP contribution >= 0.6 is 12.2 Å². The molecule has 0 fully saturated rings. The van der Waals surface area contributed by atoms with Crippen molar-refractivity contribution in [3.63, 3.8) is 0 Å². The molecule has 86 valence electrons. The van der Waals surface area contributed by atoms with Gasteiger partial charge < -0.3 is 5.11 Å². The minimum atomic E-state index is 0.269. The second-order valence-electron chi connectivity index (χ2n) is 3.93. The molecule has 2 aromatic carbocycles. The van der Waals surface area contributed by atoms with Gasteiger partial charge >= 0.3 is 0 Å². The summed E-state index contributed by atoms with van der Waals surface area (Å²) < 4.78 is 0. The Morgan fingerprint density at radius 3 is 2.29 bits per heavy atom. The summed E-state index contributed by atoms with van der Waals surface area (Å²) in [6, 6.07) is 17.5. The van der Waals surface area contributed by atoms with Crippen LogP contribution in [0.4, 0.5) is 0 Å². The number of aromatic hydroxyl groups is 1. The first kappa shape index (κ1) is 11.8. The summed E-state index contributed by atoms with van der Waals surface area (Å²) in [6.07, 6.45) is 1.70. The molecule has 17 heavy (non-hydrogen) atoms. The van der Waals surface area contributed by atoms with Crippen molar-refractivity contribution in [2.45, 2.75) is 12.8 Å². The molecule has 2 heteroatoms. The highest BCUT2D eigenvalue weighted by atomic mass is 32.1. The fourth-order valence-electron chi connectivity index (χ4n) is 1.75. The zero-order valence-electron chi connectivity index (χ0n) is 9.47. The first-order valence-electron chi connectivity index (χ1n) is 5.62. The third-order valence-corrected chi connectivity index (χ3v) is 3.11. The van der Waals surface area contributed by atoms with E-state index in [1.165, 1.54) is 5.56 Å². The molecule has 2 rings (SSSR count). The van der Waals surface area contributed by atoms with E-state index in [-0.39, 0.29) is 5.75 Å². The molecular formula is C15H14OS. The molecule has 0 saturated carbocycles. The highest BCUT2D eigenvalue weighted by molar-refractivity contribution is 7.80. The van der Waals surface area contributed by atoms with Gasteiger partial charge in [-0.1, -0.05) is 60.7 Å². The molecule has 1 nitrogen and oxygen atoms in total. The Hall–Kier alpha value is -1.67. The highest BCUT2D eigenvalue weighted by Crippen LogP contribution is 2.19. The number of hydrogen-bond acceptors (Lipinski definition) is 2. The zero-order chi connectivity index (χ0) is 12.1. The summed E-state index contributed by atoms with van der Waals surface area (Å²) in [5.74, 6) is 0.269. The minimum absolute atomic E-state index is 0.269. The van der Waals surface area contributed by atoms with Crippen LogP contribution in [0.15, 0.2) is 54.6 Å². The molecule has 2 aromatic rings. The Morgan fingerprint density at radius 1 is 0.941 bits per heavy atom. The average molecular weight is 242 g/mol. The number of aryl methyl sites for hydroxylation is 1. The van der Waals surface area contributed by atoms with Gasteiger partial charge in [0.2, 0.25) is 0 Å². The Kier molecular flexibility index (Phi) is 3.89. The molecule has 0 unspecified atom stereocenters. The van der Waals surface area contributed by atoms with Crippen LogP contribution < -0.4 is 0 Å². The number of para-hydroxylation sites is 1. The van der Waals surface area contributed by atoms with Crippen molar-refractivity contribution in [2.24, 2.45) is 0 Å². The van der Waals surface area contributed by atoms with Gasteiger partial charge in [0.15, 0.2) is 0 Å². The van der Waals surface area contributed by atoms with Crippen LogP contribution in [0.2, 0.25) is 0 Å². The number of phenols is 1. The number of rotatable bonds is 4. The van der Waals surface area contributed by atoms with Crippen molar-refractivity contribution < 1.29 is 5.11 Å². The smallest absolute Gasteiger partial charge is 0.123 e. The summed E-state index contributed by atoms with van der Waals surface area (Å²) in [6.45, 7) is 0. The fraction of sp³-hybridized carbons (Fsp3) is 0.133. The number of phenolic OH excluding ortho intramolecular Hbond substituents is 1. The Balaban J connectivity index is 2.01. The monoisotopic (exact) mass is 242 g/mol. The predicted octanol–water partition coefficient (Wildman–Crippen LogP) is 3.74. The van der Waals surface area contributed by atoms with Gasteiger partial charge in [-0.05, 0) is 24.5 Å². The van der Waals surface area contributed by atoms with E-state index in [0.717, 1.165) is 23.3 Å². The molecule has 0 amide bonds. The van der Waals surface area contributed by atoms with Gasteiger partial charge in [-0.2, -0.15) is 0 Å². The lowest BCUT2D eigenvalue weighted by molar-refractivity contribution is 0.474. The SMILES string of the molecule is Oc1ccccc1C(=S)CCc1ccccc1. The van der Waals surface area contributed by atoms with Crippen LogP contribution in [-0.2, 0) is 6.42 Å². The summed E-state index contributed by atoms with van der Waals surface area (Å²) in [5.41, 5.74) is 2.05. The maximum atomic E-state index is 9.69. The number of thiocarbonyl (C=S) groups is 1. The fourth-order valence-corrected chi connectivity index (χ4v) is 2.02. The van der Waals surface area contributed by atoms with E-state index in [1.807, 2.05) is 30.3 Å². The molecule has 0 aliphatic rings. The molecule has 0 heterocycles. The molecule has 1 N–H and O–H groups in total. The van der Waals surface area contributed by atoms with Crippen molar-refractivity contribution in [3.8, 4) is 5.75 Å². The van der Waals surface area contributed by atoms with Crippen LogP contribution in [0.1, 0.15) is 17.5 Å². The van der Waals surface area contributed by atoms with E-state index < -0.39 is 0 Å². The van der Waals surface area contributed by atoms with Crippen molar-refractivity contribution in [1.29, 1.82) is 0 Å². The van der Waals surface area contributed by atoms with E-state index in [2.05, 4.69) is 12.1 Å². The van der Waals surface area contributed by atoms with Crippen molar-refractivity contribution in [1.82, 2.24) is 0 Å². The van der Waals surface area contributed by atoms with Gasteiger partial charge in [-0.25, -0.2) is 0 Å². The van der Waals surface area contributed by atoms with E-state index in [0.29, 0.717) is 0 Å². The molecule has 0 spiro atoms. The van der Waals surface area contributed by atoms with Crippen LogP contribution in [-0.4, -0.2) is 9.97 Å². The topological polar surface area (TPSA) is 20.2 Å². The third kappa shape index (κ3) is 3.14. The quantitative estimate of drug-likeness (QED) is 0.651. The molecule has 0 saturated heterocycles. The molecule has 0 aromatic heterocycles. The first-order valence-corrected chi connectivity index (χ1v) is 6.03. The summed E-state index contributed by atoms with van der Waals surface area (Å²) in [5, 5.41) is 9.69. The number of benzene rings is 2. The second-order valence-corrected chi connectivity index (χ2v) is 4.42. The normalized spacial score (nSPS) is 10.1. The molecule has 0 bridgehead atoms. The van der Waals surface area contributed by atoms with E-state index in [9.17, 15) is 5.11 Å². The minimum Gasteiger partial charge on any atom is -0.507 e. The second kappa shape index (κ2) is 5.60. The largest absolute Gasteiger partial charge is 0.507 e. The van der Waals surface area contributed by atoms with Crippen LogP contribution in [0.3, 0.4) is 0 Å². The van der Waals surface area contributed by atoms with Gasteiger partial charge in [-0.15, -0.1) is 0 Å². The lowest BCUT2D eigenvalue weighted by atomic mass is 10.0. The van der Waals surface area contributed by atoms with Gasteiger partial charge in [-0.3, -0.25) is 0 Å². The van der Waals surface area contributed by atoms with Crippen molar-refractivity contribution >= 4 is 17.1 Å².